The number of benzene rings is 1. The van der Waals surface area contributed by atoms with Crippen molar-refractivity contribution in [3.8, 4) is 0 Å². The second-order valence-electron chi connectivity index (χ2n) is 5.29. The van der Waals surface area contributed by atoms with Gasteiger partial charge in [-0.1, -0.05) is 20.3 Å². The van der Waals surface area contributed by atoms with Crippen LogP contribution in [0.2, 0.25) is 0 Å². The van der Waals surface area contributed by atoms with E-state index in [9.17, 15) is 9.18 Å². The molecule has 5 heteroatoms. The molecule has 1 aliphatic heterocycles. The van der Waals surface area contributed by atoms with Crippen LogP contribution in [0, 0.1) is 11.7 Å². The van der Waals surface area contributed by atoms with Gasteiger partial charge in [-0.2, -0.15) is 0 Å². The number of rotatable bonds is 4. The summed E-state index contributed by atoms with van der Waals surface area (Å²) in [4.78, 5) is 13.2. The van der Waals surface area contributed by atoms with Crippen LogP contribution in [0.5, 0.6) is 0 Å². The highest BCUT2D eigenvalue weighted by Crippen LogP contribution is 2.36. The molecule has 110 valence electrons. The third-order valence-corrected chi connectivity index (χ3v) is 5.01. The highest BCUT2D eigenvalue weighted by Gasteiger charge is 2.26. The summed E-state index contributed by atoms with van der Waals surface area (Å²) in [5.74, 6) is 0.644. The summed E-state index contributed by atoms with van der Waals surface area (Å²) in [5.41, 5.74) is 6.81. The van der Waals surface area contributed by atoms with Crippen LogP contribution in [0.15, 0.2) is 23.1 Å². The zero-order chi connectivity index (χ0) is 14.7. The Morgan fingerprint density at radius 2 is 2.35 bits per heavy atom. The van der Waals surface area contributed by atoms with Crippen molar-refractivity contribution in [1.29, 1.82) is 0 Å². The Bertz CT molecular complexity index is 495. The first-order valence-electron chi connectivity index (χ1n) is 7.01. The summed E-state index contributed by atoms with van der Waals surface area (Å²) >= 11 is 1.70. The molecule has 1 amide bonds. The van der Waals surface area contributed by atoms with Gasteiger partial charge in [0, 0.05) is 10.6 Å². The molecule has 1 aliphatic rings. The number of carbonyl (C=O) groups is 1. The van der Waals surface area contributed by atoms with Crippen molar-refractivity contribution in [3.63, 3.8) is 0 Å². The maximum absolute atomic E-state index is 13.4. The highest BCUT2D eigenvalue weighted by atomic mass is 32.2. The molecule has 0 fully saturated rings. The van der Waals surface area contributed by atoms with Crippen LogP contribution in [0.3, 0.4) is 0 Å². The number of nitrogens with one attached hydrogen (secondary N) is 1. The lowest BCUT2D eigenvalue weighted by Crippen LogP contribution is -2.46. The molecule has 0 spiro atoms. The molecule has 0 aliphatic carbocycles. The predicted octanol–water partition coefficient (Wildman–Crippen LogP) is 2.85. The van der Waals surface area contributed by atoms with E-state index in [1.165, 1.54) is 12.1 Å². The van der Waals surface area contributed by atoms with E-state index in [2.05, 4.69) is 5.32 Å². The number of fused-ring (bicyclic) bond motifs is 1. The SMILES string of the molecule is CCC(C)C(N)C(=O)NC1CCSc2ccc(F)cc21. The molecule has 3 atom stereocenters. The predicted molar refractivity (Wildman–Crippen MR) is 80.1 cm³/mol. The summed E-state index contributed by atoms with van der Waals surface area (Å²) in [5, 5.41) is 2.97. The normalized spacial score (nSPS) is 20.9. The average molecular weight is 296 g/mol. The number of hydrogen-bond donors (Lipinski definition) is 2. The van der Waals surface area contributed by atoms with E-state index < -0.39 is 6.04 Å². The van der Waals surface area contributed by atoms with Crippen molar-refractivity contribution >= 4 is 17.7 Å². The van der Waals surface area contributed by atoms with Gasteiger partial charge in [-0.3, -0.25) is 4.79 Å². The third-order valence-electron chi connectivity index (χ3n) is 3.89. The fourth-order valence-electron chi connectivity index (χ4n) is 2.30. The molecule has 0 saturated heterocycles. The Kier molecular flexibility index (Phi) is 5.05. The quantitative estimate of drug-likeness (QED) is 0.898. The fraction of sp³-hybridized carbons (Fsp3) is 0.533. The van der Waals surface area contributed by atoms with Gasteiger partial charge < -0.3 is 11.1 Å². The van der Waals surface area contributed by atoms with Crippen LogP contribution in [-0.2, 0) is 4.79 Å². The van der Waals surface area contributed by atoms with Crippen molar-refractivity contribution in [2.45, 2.75) is 43.7 Å². The molecule has 0 saturated carbocycles. The number of carbonyl (C=O) groups excluding carboxylic acids is 1. The van der Waals surface area contributed by atoms with E-state index >= 15 is 0 Å². The van der Waals surface area contributed by atoms with Gasteiger partial charge in [-0.15, -0.1) is 11.8 Å². The first-order valence-corrected chi connectivity index (χ1v) is 7.99. The Hall–Kier alpha value is -1.07. The molecule has 0 radical (unpaired) electrons. The summed E-state index contributed by atoms with van der Waals surface area (Å²) in [6, 6.07) is 4.11. The minimum Gasteiger partial charge on any atom is -0.348 e. The van der Waals surface area contributed by atoms with E-state index in [1.54, 1.807) is 17.8 Å². The van der Waals surface area contributed by atoms with Crippen molar-refractivity contribution in [2.75, 3.05) is 5.75 Å². The van der Waals surface area contributed by atoms with Crippen molar-refractivity contribution < 1.29 is 9.18 Å². The number of nitrogens with two attached hydrogens (primary N) is 1. The summed E-state index contributed by atoms with van der Waals surface area (Å²) in [6.45, 7) is 3.98. The minimum atomic E-state index is -0.508. The molecule has 3 unspecified atom stereocenters. The second-order valence-corrected chi connectivity index (χ2v) is 6.43. The standard InChI is InChI=1S/C15H21FN2OS/c1-3-9(2)14(17)15(19)18-12-6-7-20-13-5-4-10(16)8-11(12)13/h4-5,8-9,12,14H,3,6-7,17H2,1-2H3,(H,18,19). The van der Waals surface area contributed by atoms with E-state index in [4.69, 9.17) is 5.73 Å². The zero-order valence-corrected chi connectivity index (χ0v) is 12.7. The highest BCUT2D eigenvalue weighted by molar-refractivity contribution is 7.99. The largest absolute Gasteiger partial charge is 0.348 e. The monoisotopic (exact) mass is 296 g/mol. The lowest BCUT2D eigenvalue weighted by molar-refractivity contribution is -0.124. The van der Waals surface area contributed by atoms with Crippen molar-refractivity contribution in [1.82, 2.24) is 5.32 Å². The Morgan fingerprint density at radius 3 is 3.05 bits per heavy atom. The summed E-state index contributed by atoms with van der Waals surface area (Å²) in [7, 11) is 0. The summed E-state index contributed by atoms with van der Waals surface area (Å²) in [6.07, 6.45) is 1.67. The minimum absolute atomic E-state index is 0.135. The number of hydrogen-bond acceptors (Lipinski definition) is 3. The number of amides is 1. The topological polar surface area (TPSA) is 55.1 Å². The molecule has 1 aromatic carbocycles. The number of halogens is 1. The van der Waals surface area contributed by atoms with Crippen LogP contribution in [-0.4, -0.2) is 17.7 Å². The van der Waals surface area contributed by atoms with Gasteiger partial charge in [0.2, 0.25) is 5.91 Å². The average Bonchev–Trinajstić information content (AvgIpc) is 2.46. The third kappa shape index (κ3) is 3.33. The molecule has 0 aromatic heterocycles. The van der Waals surface area contributed by atoms with Gasteiger partial charge in [-0.25, -0.2) is 4.39 Å². The smallest absolute Gasteiger partial charge is 0.237 e. The van der Waals surface area contributed by atoms with Crippen LogP contribution in [0.4, 0.5) is 4.39 Å². The van der Waals surface area contributed by atoms with Crippen LogP contribution >= 0.6 is 11.8 Å². The van der Waals surface area contributed by atoms with Gasteiger partial charge >= 0.3 is 0 Å². The second kappa shape index (κ2) is 6.59. The molecule has 2 rings (SSSR count). The molecule has 1 aromatic rings. The first-order chi connectivity index (χ1) is 9.52. The van der Waals surface area contributed by atoms with E-state index in [-0.39, 0.29) is 23.7 Å². The molecule has 0 bridgehead atoms. The number of thioether (sulfide) groups is 1. The summed E-state index contributed by atoms with van der Waals surface area (Å²) < 4.78 is 13.4. The molecule has 3 nitrogen and oxygen atoms in total. The Balaban J connectivity index is 2.12. The fourth-order valence-corrected chi connectivity index (χ4v) is 3.40. The van der Waals surface area contributed by atoms with Gasteiger partial charge in [0.1, 0.15) is 5.82 Å². The lowest BCUT2D eigenvalue weighted by atomic mass is 9.97. The Labute approximate surface area is 123 Å². The molecular formula is C15H21FN2OS. The molecule has 20 heavy (non-hydrogen) atoms. The van der Waals surface area contributed by atoms with Crippen LogP contribution < -0.4 is 11.1 Å². The van der Waals surface area contributed by atoms with E-state index in [1.807, 2.05) is 13.8 Å². The Morgan fingerprint density at radius 1 is 1.60 bits per heavy atom. The van der Waals surface area contributed by atoms with Crippen LogP contribution in [0.25, 0.3) is 0 Å². The van der Waals surface area contributed by atoms with E-state index in [0.29, 0.717) is 0 Å². The van der Waals surface area contributed by atoms with Crippen molar-refractivity contribution in [3.05, 3.63) is 29.6 Å². The maximum atomic E-state index is 13.4. The zero-order valence-electron chi connectivity index (χ0n) is 11.9. The molecular weight excluding hydrogens is 275 g/mol. The van der Waals surface area contributed by atoms with Gasteiger partial charge in [0.25, 0.3) is 0 Å². The molecule has 3 N–H and O–H groups in total. The van der Waals surface area contributed by atoms with E-state index in [0.717, 1.165) is 29.1 Å². The maximum Gasteiger partial charge on any atom is 0.237 e. The van der Waals surface area contributed by atoms with Gasteiger partial charge in [0.05, 0.1) is 12.1 Å². The van der Waals surface area contributed by atoms with Crippen molar-refractivity contribution in [2.24, 2.45) is 11.7 Å². The van der Waals surface area contributed by atoms with Crippen LogP contribution in [0.1, 0.15) is 38.3 Å². The van der Waals surface area contributed by atoms with Gasteiger partial charge in [0.15, 0.2) is 0 Å². The lowest BCUT2D eigenvalue weighted by Gasteiger charge is -2.28. The van der Waals surface area contributed by atoms with Gasteiger partial charge in [-0.05, 0) is 36.1 Å². The first kappa shape index (κ1) is 15.3. The molecule has 1 heterocycles.